The Balaban J connectivity index is 4.08. The number of carbonyl (C=O) groups is 3. The van der Waals surface area contributed by atoms with Crippen molar-refractivity contribution < 1.29 is 28.6 Å². The number of allylic oxidation sites excluding steroid dienone is 2. The van der Waals surface area contributed by atoms with Crippen molar-refractivity contribution in [2.75, 3.05) is 13.2 Å². The van der Waals surface area contributed by atoms with E-state index >= 15 is 0 Å². The lowest BCUT2D eigenvalue weighted by atomic mass is 10.0. The second kappa shape index (κ2) is 57.7. The van der Waals surface area contributed by atoms with E-state index in [2.05, 4.69) is 32.9 Å². The highest BCUT2D eigenvalue weighted by Gasteiger charge is 2.19. The number of hydrogen-bond acceptors (Lipinski definition) is 6. The van der Waals surface area contributed by atoms with E-state index in [-0.39, 0.29) is 31.1 Å². The Morgan fingerprint density at radius 2 is 0.485 bits per heavy atom. The van der Waals surface area contributed by atoms with E-state index in [1.807, 2.05) is 0 Å². The van der Waals surface area contributed by atoms with Gasteiger partial charge < -0.3 is 14.2 Å². The molecule has 0 aromatic heterocycles. The average molecular weight is 960 g/mol. The minimum Gasteiger partial charge on any atom is -0.462 e. The van der Waals surface area contributed by atoms with Crippen LogP contribution in [0.3, 0.4) is 0 Å². The first-order valence-corrected chi connectivity index (χ1v) is 30.7. The predicted molar refractivity (Wildman–Crippen MR) is 293 cm³/mol. The molecule has 0 aromatic rings. The number of rotatable bonds is 57. The lowest BCUT2D eigenvalue weighted by molar-refractivity contribution is -0.167. The molecule has 1 atom stereocenters. The van der Waals surface area contributed by atoms with Gasteiger partial charge in [-0.2, -0.15) is 0 Å². The topological polar surface area (TPSA) is 78.9 Å². The summed E-state index contributed by atoms with van der Waals surface area (Å²) in [6.07, 6.45) is 66.7. The fraction of sp³-hybridized carbons (Fsp3) is 0.919. The molecule has 0 rings (SSSR count). The maximum absolute atomic E-state index is 12.8. The van der Waals surface area contributed by atoms with E-state index in [0.717, 1.165) is 64.2 Å². The van der Waals surface area contributed by atoms with Gasteiger partial charge in [0.1, 0.15) is 13.2 Å². The largest absolute Gasteiger partial charge is 0.462 e. The predicted octanol–water partition coefficient (Wildman–Crippen LogP) is 20.5. The summed E-state index contributed by atoms with van der Waals surface area (Å²) in [5.74, 6) is -0.858. The van der Waals surface area contributed by atoms with E-state index in [0.29, 0.717) is 19.3 Å². The van der Waals surface area contributed by atoms with Gasteiger partial charge >= 0.3 is 17.9 Å². The third-order valence-electron chi connectivity index (χ3n) is 14.0. The second-order valence-corrected chi connectivity index (χ2v) is 21.0. The van der Waals surface area contributed by atoms with Crippen molar-refractivity contribution in [1.29, 1.82) is 0 Å². The fourth-order valence-electron chi connectivity index (χ4n) is 9.38. The van der Waals surface area contributed by atoms with Crippen LogP contribution in [0.2, 0.25) is 0 Å². The molecule has 0 spiro atoms. The third-order valence-corrected chi connectivity index (χ3v) is 14.0. The number of esters is 3. The van der Waals surface area contributed by atoms with Gasteiger partial charge in [0.25, 0.3) is 0 Å². The van der Waals surface area contributed by atoms with Crippen molar-refractivity contribution in [2.45, 2.75) is 354 Å². The smallest absolute Gasteiger partial charge is 0.306 e. The Kier molecular flexibility index (Phi) is 56.2. The van der Waals surface area contributed by atoms with Crippen molar-refractivity contribution in [2.24, 2.45) is 0 Å². The Labute approximate surface area is 424 Å². The van der Waals surface area contributed by atoms with Crippen LogP contribution in [0.25, 0.3) is 0 Å². The van der Waals surface area contributed by atoms with Crippen LogP contribution >= 0.6 is 0 Å². The summed E-state index contributed by atoms with van der Waals surface area (Å²) in [5.41, 5.74) is 0. The molecule has 0 saturated heterocycles. The molecule has 0 saturated carbocycles. The van der Waals surface area contributed by atoms with Crippen molar-refractivity contribution in [3.05, 3.63) is 12.2 Å². The highest BCUT2D eigenvalue weighted by Crippen LogP contribution is 2.18. The molecule has 6 heteroatoms. The van der Waals surface area contributed by atoms with Crippen LogP contribution in [0.5, 0.6) is 0 Å². The van der Waals surface area contributed by atoms with Crippen LogP contribution < -0.4 is 0 Å². The molecular weight excluding hydrogens is 841 g/mol. The number of carbonyl (C=O) groups excluding carboxylic acids is 3. The van der Waals surface area contributed by atoms with Crippen LogP contribution in [-0.4, -0.2) is 37.2 Å². The molecule has 0 N–H and O–H groups in total. The summed E-state index contributed by atoms with van der Waals surface area (Å²) >= 11 is 0. The van der Waals surface area contributed by atoms with Crippen LogP contribution in [0, 0.1) is 0 Å². The Bertz CT molecular complexity index is 1060. The Morgan fingerprint density at radius 1 is 0.279 bits per heavy atom. The fourth-order valence-corrected chi connectivity index (χ4v) is 9.38. The first-order chi connectivity index (χ1) is 33.5. The SMILES string of the molecule is CCCCCCCCC/C=C\CCCCCCCC(=O)OC(COC(=O)CCCCCCCCCC)COC(=O)CCCCCCCCCCCCCCCCCCCCCCCCCCCC. The van der Waals surface area contributed by atoms with Crippen molar-refractivity contribution in [3.8, 4) is 0 Å². The molecule has 68 heavy (non-hydrogen) atoms. The quantitative estimate of drug-likeness (QED) is 0.0262. The van der Waals surface area contributed by atoms with E-state index in [4.69, 9.17) is 14.2 Å². The van der Waals surface area contributed by atoms with Crippen LogP contribution in [0.1, 0.15) is 348 Å². The molecule has 0 aliphatic rings. The van der Waals surface area contributed by atoms with Crippen molar-refractivity contribution in [3.63, 3.8) is 0 Å². The molecule has 0 radical (unpaired) electrons. The lowest BCUT2D eigenvalue weighted by Gasteiger charge is -2.18. The maximum Gasteiger partial charge on any atom is 0.306 e. The minimum atomic E-state index is -0.768. The van der Waals surface area contributed by atoms with Crippen LogP contribution in [-0.2, 0) is 28.6 Å². The molecule has 0 aliphatic heterocycles. The zero-order valence-corrected chi connectivity index (χ0v) is 46.2. The Morgan fingerprint density at radius 3 is 0.735 bits per heavy atom. The summed E-state index contributed by atoms with van der Waals surface area (Å²) in [5, 5.41) is 0. The zero-order valence-electron chi connectivity index (χ0n) is 46.2. The maximum atomic E-state index is 12.8. The zero-order chi connectivity index (χ0) is 49.3. The van der Waals surface area contributed by atoms with Gasteiger partial charge in [0.15, 0.2) is 6.10 Å². The molecule has 6 nitrogen and oxygen atoms in total. The van der Waals surface area contributed by atoms with E-state index in [1.54, 1.807) is 0 Å². The first-order valence-electron chi connectivity index (χ1n) is 30.7. The molecular formula is C62H118O6. The summed E-state index contributed by atoms with van der Waals surface area (Å²) in [6, 6.07) is 0. The van der Waals surface area contributed by atoms with Crippen molar-refractivity contribution >= 4 is 17.9 Å². The van der Waals surface area contributed by atoms with E-state index in [1.165, 1.54) is 244 Å². The van der Waals surface area contributed by atoms with Gasteiger partial charge in [0.05, 0.1) is 0 Å². The van der Waals surface area contributed by atoms with Crippen LogP contribution in [0.4, 0.5) is 0 Å². The van der Waals surface area contributed by atoms with E-state index in [9.17, 15) is 14.4 Å². The van der Waals surface area contributed by atoms with Gasteiger partial charge in [0.2, 0.25) is 0 Å². The third kappa shape index (κ3) is 55.1. The summed E-state index contributed by atoms with van der Waals surface area (Å²) < 4.78 is 16.8. The van der Waals surface area contributed by atoms with Gasteiger partial charge in [-0.1, -0.05) is 296 Å². The lowest BCUT2D eigenvalue weighted by Crippen LogP contribution is -2.30. The highest BCUT2D eigenvalue weighted by atomic mass is 16.6. The van der Waals surface area contributed by atoms with E-state index < -0.39 is 6.10 Å². The van der Waals surface area contributed by atoms with Gasteiger partial charge in [-0.15, -0.1) is 0 Å². The molecule has 402 valence electrons. The van der Waals surface area contributed by atoms with Crippen molar-refractivity contribution in [1.82, 2.24) is 0 Å². The average Bonchev–Trinajstić information content (AvgIpc) is 3.34. The molecule has 0 amide bonds. The highest BCUT2D eigenvalue weighted by molar-refractivity contribution is 5.71. The normalized spacial score (nSPS) is 12.0. The van der Waals surface area contributed by atoms with Crippen LogP contribution in [0.15, 0.2) is 12.2 Å². The number of hydrogen-bond donors (Lipinski definition) is 0. The summed E-state index contributed by atoms with van der Waals surface area (Å²) in [7, 11) is 0. The standard InChI is InChI=1S/C62H118O6/c1-4-7-10-13-16-19-21-23-25-27-28-29-30-31-32-33-34-35-36-38-39-41-43-46-49-52-55-61(64)67-58-59(57-66-60(63)54-51-48-45-18-15-12-9-6-3)68-62(65)56-53-50-47-44-42-40-37-26-24-22-20-17-14-11-8-5-2/h26,37,59H,4-25,27-36,38-58H2,1-3H3/b37-26-. The molecule has 0 aromatic carbocycles. The second-order valence-electron chi connectivity index (χ2n) is 21.0. The van der Waals surface area contributed by atoms with Gasteiger partial charge in [-0.05, 0) is 44.9 Å². The molecule has 0 heterocycles. The number of ether oxygens (including phenoxy) is 3. The van der Waals surface area contributed by atoms with Gasteiger partial charge in [-0.3, -0.25) is 14.4 Å². The summed E-state index contributed by atoms with van der Waals surface area (Å²) in [4.78, 5) is 38.0. The molecule has 1 unspecified atom stereocenters. The molecule has 0 bridgehead atoms. The molecule has 0 fully saturated rings. The minimum absolute atomic E-state index is 0.0679. The number of unbranched alkanes of at least 4 members (excludes halogenated alkanes) is 44. The summed E-state index contributed by atoms with van der Waals surface area (Å²) in [6.45, 7) is 6.66. The van der Waals surface area contributed by atoms with Gasteiger partial charge in [0, 0.05) is 19.3 Å². The molecule has 0 aliphatic carbocycles. The van der Waals surface area contributed by atoms with Gasteiger partial charge in [-0.25, -0.2) is 0 Å². The first kappa shape index (κ1) is 66.2. The Hall–Kier alpha value is -1.85. The monoisotopic (exact) mass is 959 g/mol.